The van der Waals surface area contributed by atoms with Crippen LogP contribution in [0.4, 0.5) is 0 Å². The smallest absolute Gasteiger partial charge is 1.00 e. The van der Waals surface area contributed by atoms with E-state index < -0.39 is 20.3 Å². The van der Waals surface area contributed by atoms with E-state index in [1.54, 1.807) is 22.3 Å². The molecule has 0 nitrogen and oxygen atoms in total. The molecule has 0 bridgehead atoms. The summed E-state index contributed by atoms with van der Waals surface area (Å²) < 4.78 is 3.58. The van der Waals surface area contributed by atoms with Crippen LogP contribution in [0.2, 0.25) is 7.25 Å². The van der Waals surface area contributed by atoms with Crippen molar-refractivity contribution in [2.75, 3.05) is 0 Å². The summed E-state index contributed by atoms with van der Waals surface area (Å²) in [6, 6.07) is 18.4. The Hall–Kier alpha value is -0.617. The van der Waals surface area contributed by atoms with Crippen molar-refractivity contribution < 1.29 is 45.1 Å². The van der Waals surface area contributed by atoms with Gasteiger partial charge in [0.15, 0.2) is 0 Å². The molecule has 0 spiro atoms. The van der Waals surface area contributed by atoms with Crippen molar-refractivity contribution in [3.63, 3.8) is 0 Å². The zero-order chi connectivity index (χ0) is 17.4. The zero-order valence-corrected chi connectivity index (χ0v) is 20.4. The van der Waals surface area contributed by atoms with Crippen molar-refractivity contribution in [1.82, 2.24) is 0 Å². The van der Waals surface area contributed by atoms with E-state index in [4.69, 9.17) is 0 Å². The standard InChI is InChI=1S/2C10H9.C4H8.2ClH.Zr/c2*1-8-6-9-4-2-3-5-10(9)7-8;1-4(2)3;;;/h2*2-7H,1H3;1H2,2-3H3;2*1H;/q;;;;;+2/p-2. The fourth-order valence-electron chi connectivity index (χ4n) is 6.17. The van der Waals surface area contributed by atoms with Crippen LogP contribution in [-0.2, 0) is 20.3 Å². The van der Waals surface area contributed by atoms with Gasteiger partial charge in [-0.1, -0.05) is 0 Å². The van der Waals surface area contributed by atoms with Crippen LogP contribution < -0.4 is 24.8 Å². The number of benzene rings is 2. The van der Waals surface area contributed by atoms with Gasteiger partial charge >= 0.3 is 157 Å². The van der Waals surface area contributed by atoms with E-state index in [1.807, 2.05) is 0 Å². The van der Waals surface area contributed by atoms with Gasteiger partial charge < -0.3 is 24.8 Å². The predicted octanol–water partition coefficient (Wildman–Crippen LogP) is 1.10. The van der Waals surface area contributed by atoms with Crippen molar-refractivity contribution in [3.8, 4) is 0 Å². The summed E-state index contributed by atoms with van der Waals surface area (Å²) in [7, 11) is 0. The summed E-state index contributed by atoms with van der Waals surface area (Å²) in [5, 5.41) is 0. The predicted molar refractivity (Wildman–Crippen MR) is 105 cm³/mol. The van der Waals surface area contributed by atoms with Crippen LogP contribution in [0.1, 0.15) is 57.2 Å². The van der Waals surface area contributed by atoms with Crippen LogP contribution in [0.3, 0.4) is 0 Å². The van der Waals surface area contributed by atoms with Gasteiger partial charge in [-0.25, -0.2) is 0 Å². The van der Waals surface area contributed by atoms with Crippen molar-refractivity contribution in [3.05, 3.63) is 81.9 Å². The topological polar surface area (TPSA) is 0 Å². The van der Waals surface area contributed by atoms with Gasteiger partial charge in [0.2, 0.25) is 0 Å². The normalized spacial score (nSPS) is 26.5. The first kappa shape index (κ1) is 21.1. The Kier molecular flexibility index (Phi) is 5.48. The van der Waals surface area contributed by atoms with Crippen LogP contribution in [0.5, 0.6) is 0 Å². The number of allylic oxidation sites excluding steroid dienone is 2. The Morgan fingerprint density at radius 3 is 1.48 bits per heavy atom. The first-order valence-electron chi connectivity index (χ1n) is 9.50. The second kappa shape index (κ2) is 7.01. The van der Waals surface area contributed by atoms with E-state index in [1.165, 1.54) is 15.3 Å². The maximum absolute atomic E-state index is 2.57. The van der Waals surface area contributed by atoms with E-state index in [-0.39, 0.29) is 24.8 Å². The molecule has 3 heteroatoms. The van der Waals surface area contributed by atoms with Gasteiger partial charge in [-0.15, -0.1) is 0 Å². The number of fused-ring (bicyclic) bond motifs is 2. The molecule has 1 aliphatic heterocycles. The molecule has 1 heterocycles. The molecule has 27 heavy (non-hydrogen) atoms. The summed E-state index contributed by atoms with van der Waals surface area (Å²) in [5.41, 5.74) is 9.52. The second-order valence-electron chi connectivity index (χ2n) is 9.00. The quantitative estimate of drug-likeness (QED) is 0.609. The van der Waals surface area contributed by atoms with Crippen molar-refractivity contribution in [2.45, 2.75) is 42.2 Å². The van der Waals surface area contributed by atoms with E-state index in [0.29, 0.717) is 3.12 Å². The van der Waals surface area contributed by atoms with E-state index in [2.05, 4.69) is 88.4 Å². The Morgan fingerprint density at radius 1 is 0.741 bits per heavy atom. The Morgan fingerprint density at radius 2 is 1.11 bits per heavy atom. The summed E-state index contributed by atoms with van der Waals surface area (Å²) in [4.78, 5) is 0. The monoisotopic (exact) mass is 474 g/mol. The first-order valence-corrected chi connectivity index (χ1v) is 15.3. The maximum atomic E-state index is 2.57. The molecule has 2 atom stereocenters. The molecule has 0 amide bonds. The Labute approximate surface area is 180 Å². The van der Waals surface area contributed by atoms with E-state index in [0.717, 1.165) is 7.25 Å². The third-order valence-electron chi connectivity index (χ3n) is 7.19. The van der Waals surface area contributed by atoms with E-state index >= 15 is 0 Å². The molecular weight excluding hydrogens is 450 g/mol. The van der Waals surface area contributed by atoms with Crippen LogP contribution in [0.15, 0.2) is 59.7 Å². The third-order valence-corrected chi connectivity index (χ3v) is 25.2. The number of rotatable bonds is 2. The molecule has 2 aliphatic carbocycles. The summed E-state index contributed by atoms with van der Waals surface area (Å²) in [6.07, 6.45) is 4.96. The minimum atomic E-state index is -2.54. The van der Waals surface area contributed by atoms with Gasteiger partial charge in [-0.3, -0.25) is 0 Å². The Bertz CT molecular complexity index is 887. The minimum absolute atomic E-state index is 0. The molecule has 0 saturated carbocycles. The summed E-state index contributed by atoms with van der Waals surface area (Å²) in [5.74, 6) is 0. The fourth-order valence-corrected chi connectivity index (χ4v) is 26.6. The van der Waals surface area contributed by atoms with Crippen LogP contribution in [0.25, 0.3) is 12.2 Å². The molecule has 2 aromatic carbocycles. The average molecular weight is 477 g/mol. The number of hydrogen-bond acceptors (Lipinski definition) is 0. The van der Waals surface area contributed by atoms with E-state index in [9.17, 15) is 0 Å². The molecule has 3 aliphatic rings. The van der Waals surface area contributed by atoms with Crippen LogP contribution in [0, 0.1) is 0 Å². The van der Waals surface area contributed by atoms with Crippen molar-refractivity contribution in [1.29, 1.82) is 0 Å². The maximum Gasteiger partial charge on any atom is -1.00 e. The van der Waals surface area contributed by atoms with Gasteiger partial charge in [0.25, 0.3) is 0 Å². The van der Waals surface area contributed by atoms with Gasteiger partial charge in [-0.2, -0.15) is 0 Å². The zero-order valence-electron chi connectivity index (χ0n) is 16.4. The van der Waals surface area contributed by atoms with Gasteiger partial charge in [0, 0.05) is 0 Å². The van der Waals surface area contributed by atoms with Crippen molar-refractivity contribution >= 4 is 12.2 Å². The van der Waals surface area contributed by atoms with Gasteiger partial charge in [0.1, 0.15) is 0 Å². The SMILES string of the molecule is CC1=Cc2ccccc2[CH]1[Zr+2]1([CH]2C(C)=Cc3ccccc32)[CH2][C]1(C)C.[Cl-].[Cl-]. The number of hydrogen-bond donors (Lipinski definition) is 0. The minimum Gasteiger partial charge on any atom is -1.00 e. The van der Waals surface area contributed by atoms with Gasteiger partial charge in [-0.05, 0) is 0 Å². The summed E-state index contributed by atoms with van der Waals surface area (Å²) in [6.45, 7) is 9.95. The third kappa shape index (κ3) is 2.80. The van der Waals surface area contributed by atoms with Gasteiger partial charge in [0.05, 0.1) is 0 Å². The molecule has 0 N–H and O–H groups in total. The molecular formula is C24H26Cl2Zr. The van der Waals surface area contributed by atoms with Crippen molar-refractivity contribution in [2.24, 2.45) is 0 Å². The second-order valence-corrected chi connectivity index (χ2v) is 21.2. The van der Waals surface area contributed by atoms with Crippen LogP contribution in [-0.4, -0.2) is 0 Å². The molecule has 5 rings (SSSR count). The molecule has 140 valence electrons. The largest absolute Gasteiger partial charge is 1.00 e. The first-order chi connectivity index (χ1) is 12.0. The molecule has 2 unspecified atom stereocenters. The summed E-state index contributed by atoms with van der Waals surface area (Å²) >= 11 is -2.54. The molecule has 0 radical (unpaired) electrons. The average Bonchev–Trinajstić information content (AvgIpc) is 2.87. The molecule has 2 aromatic rings. The molecule has 1 fully saturated rings. The molecule has 1 saturated heterocycles. The molecule has 0 aromatic heterocycles. The fraction of sp³-hybridized carbons (Fsp3) is 0.333. The van der Waals surface area contributed by atoms with Crippen LogP contribution >= 0.6 is 0 Å². The Balaban J connectivity index is 0.00000105. The number of halogens is 2.